The number of rotatable bonds is 2. The molecule has 1 aliphatic heterocycles. The maximum Gasteiger partial charge on any atom is 0.226 e. The van der Waals surface area contributed by atoms with E-state index in [4.69, 9.17) is 0 Å². The van der Waals surface area contributed by atoms with Crippen molar-refractivity contribution in [1.29, 1.82) is 0 Å². The summed E-state index contributed by atoms with van der Waals surface area (Å²) in [5.74, 6) is 1.03. The number of nitrogens with one attached hydrogen (secondary N) is 1. The Morgan fingerprint density at radius 3 is 2.59 bits per heavy atom. The summed E-state index contributed by atoms with van der Waals surface area (Å²) in [6, 6.07) is 0. The smallest absolute Gasteiger partial charge is 0.226 e. The molecule has 1 amide bonds. The molecule has 0 radical (unpaired) electrons. The van der Waals surface area contributed by atoms with Crippen LogP contribution in [-0.4, -0.2) is 65.9 Å². The predicted molar refractivity (Wildman–Crippen MR) is 81.8 cm³/mol. The number of amides is 1. The van der Waals surface area contributed by atoms with Gasteiger partial charge in [-0.1, -0.05) is 0 Å². The highest BCUT2D eigenvalue weighted by molar-refractivity contribution is 7.88. The van der Waals surface area contributed by atoms with E-state index in [0.717, 1.165) is 30.1 Å². The van der Waals surface area contributed by atoms with E-state index in [1.54, 1.807) is 4.90 Å². The molecule has 3 rings (SSSR count). The van der Waals surface area contributed by atoms with E-state index in [-0.39, 0.29) is 11.8 Å². The SMILES string of the molecule is Cc1nc2c([nH]1)CC(C(=O)N1CCN(S(C)(=O)=O)CC1)CC2. The highest BCUT2D eigenvalue weighted by Gasteiger charge is 2.32. The fourth-order valence-corrected chi connectivity index (χ4v) is 4.16. The van der Waals surface area contributed by atoms with Crippen molar-refractivity contribution in [3.63, 3.8) is 0 Å². The zero-order valence-electron chi connectivity index (χ0n) is 13.0. The zero-order valence-corrected chi connectivity index (χ0v) is 13.8. The molecular weight excluding hydrogens is 304 g/mol. The molecule has 0 bridgehead atoms. The molecule has 8 heteroatoms. The number of imidazole rings is 1. The Morgan fingerprint density at radius 2 is 1.95 bits per heavy atom. The van der Waals surface area contributed by atoms with Crippen LogP contribution in [0.15, 0.2) is 0 Å². The molecule has 1 aromatic rings. The Kier molecular flexibility index (Phi) is 3.98. The number of hydrogen-bond donors (Lipinski definition) is 1. The van der Waals surface area contributed by atoms with E-state index >= 15 is 0 Å². The van der Waals surface area contributed by atoms with E-state index in [9.17, 15) is 13.2 Å². The number of aromatic nitrogens is 2. The number of hydrogen-bond acceptors (Lipinski definition) is 4. The number of aromatic amines is 1. The first-order valence-corrected chi connectivity index (χ1v) is 9.47. The lowest BCUT2D eigenvalue weighted by Gasteiger charge is -2.35. The number of aryl methyl sites for hydroxylation is 2. The Balaban J connectivity index is 1.62. The van der Waals surface area contributed by atoms with Gasteiger partial charge in [-0.25, -0.2) is 13.4 Å². The van der Waals surface area contributed by atoms with Gasteiger partial charge in [0.25, 0.3) is 0 Å². The van der Waals surface area contributed by atoms with E-state index < -0.39 is 10.0 Å². The third-order valence-electron chi connectivity index (χ3n) is 4.53. The third kappa shape index (κ3) is 3.03. The molecule has 1 unspecified atom stereocenters. The summed E-state index contributed by atoms with van der Waals surface area (Å²) in [4.78, 5) is 22.1. The second-order valence-corrected chi connectivity index (χ2v) is 8.16. The molecule has 1 aromatic heterocycles. The van der Waals surface area contributed by atoms with Gasteiger partial charge >= 0.3 is 0 Å². The van der Waals surface area contributed by atoms with E-state index in [1.807, 2.05) is 6.92 Å². The first-order chi connectivity index (χ1) is 10.3. The van der Waals surface area contributed by atoms with Crippen molar-refractivity contribution in [3.8, 4) is 0 Å². The highest BCUT2D eigenvalue weighted by Crippen LogP contribution is 2.25. The number of H-pyrrole nitrogens is 1. The molecule has 2 aliphatic rings. The molecule has 22 heavy (non-hydrogen) atoms. The molecule has 122 valence electrons. The van der Waals surface area contributed by atoms with Crippen LogP contribution in [0.1, 0.15) is 23.6 Å². The van der Waals surface area contributed by atoms with Gasteiger partial charge in [-0.15, -0.1) is 0 Å². The molecule has 0 saturated carbocycles. The lowest BCUT2D eigenvalue weighted by molar-refractivity contribution is -0.137. The first-order valence-electron chi connectivity index (χ1n) is 7.63. The minimum atomic E-state index is -3.15. The Labute approximate surface area is 130 Å². The largest absolute Gasteiger partial charge is 0.346 e. The van der Waals surface area contributed by atoms with Crippen molar-refractivity contribution in [1.82, 2.24) is 19.2 Å². The van der Waals surface area contributed by atoms with Crippen LogP contribution in [0.5, 0.6) is 0 Å². The van der Waals surface area contributed by atoms with Gasteiger partial charge < -0.3 is 9.88 Å². The van der Waals surface area contributed by atoms with Crippen LogP contribution >= 0.6 is 0 Å². The fourth-order valence-electron chi connectivity index (χ4n) is 3.33. The van der Waals surface area contributed by atoms with Gasteiger partial charge in [0.2, 0.25) is 15.9 Å². The Bertz CT molecular complexity index is 674. The number of carbonyl (C=O) groups excluding carboxylic acids is 1. The summed E-state index contributed by atoms with van der Waals surface area (Å²) in [7, 11) is -3.15. The maximum atomic E-state index is 12.6. The summed E-state index contributed by atoms with van der Waals surface area (Å²) >= 11 is 0. The molecule has 1 N–H and O–H groups in total. The number of fused-ring (bicyclic) bond motifs is 1. The van der Waals surface area contributed by atoms with Crippen LogP contribution in [0.2, 0.25) is 0 Å². The minimum absolute atomic E-state index is 0.0165. The van der Waals surface area contributed by atoms with Crippen LogP contribution in [0.4, 0.5) is 0 Å². The predicted octanol–water partition coefficient (Wildman–Crippen LogP) is -0.0732. The van der Waals surface area contributed by atoms with Crippen molar-refractivity contribution >= 4 is 15.9 Å². The molecule has 1 saturated heterocycles. The molecule has 0 aromatic carbocycles. The molecule has 1 aliphatic carbocycles. The summed E-state index contributed by atoms with van der Waals surface area (Å²) in [6.07, 6.45) is 3.58. The zero-order chi connectivity index (χ0) is 15.9. The highest BCUT2D eigenvalue weighted by atomic mass is 32.2. The average Bonchev–Trinajstić information content (AvgIpc) is 2.84. The monoisotopic (exact) mass is 326 g/mol. The van der Waals surface area contributed by atoms with Gasteiger partial charge in [0, 0.05) is 44.2 Å². The van der Waals surface area contributed by atoms with Crippen molar-refractivity contribution < 1.29 is 13.2 Å². The minimum Gasteiger partial charge on any atom is -0.346 e. The van der Waals surface area contributed by atoms with Gasteiger partial charge in [-0.05, 0) is 19.8 Å². The van der Waals surface area contributed by atoms with Crippen molar-refractivity contribution in [2.24, 2.45) is 5.92 Å². The summed E-state index contributed by atoms with van der Waals surface area (Å²) < 4.78 is 24.5. The fraction of sp³-hybridized carbons (Fsp3) is 0.714. The second kappa shape index (κ2) is 5.66. The Hall–Kier alpha value is -1.41. The number of nitrogens with zero attached hydrogens (tertiary/aromatic N) is 3. The maximum absolute atomic E-state index is 12.6. The van der Waals surface area contributed by atoms with E-state index in [0.29, 0.717) is 32.6 Å². The summed E-state index contributed by atoms with van der Waals surface area (Å²) in [5, 5.41) is 0. The van der Waals surface area contributed by atoms with Crippen LogP contribution in [0, 0.1) is 12.8 Å². The summed E-state index contributed by atoms with van der Waals surface area (Å²) in [5.41, 5.74) is 2.17. The van der Waals surface area contributed by atoms with E-state index in [1.165, 1.54) is 10.6 Å². The van der Waals surface area contributed by atoms with Gasteiger partial charge in [0.05, 0.1) is 11.9 Å². The van der Waals surface area contributed by atoms with Crippen molar-refractivity contribution in [2.75, 3.05) is 32.4 Å². The molecule has 0 spiro atoms. The standard InChI is InChI=1S/C14H22N4O3S/c1-10-15-12-4-3-11(9-13(12)16-10)14(19)17-5-7-18(8-6-17)22(2,20)21/h11H,3-9H2,1-2H3,(H,15,16). The lowest BCUT2D eigenvalue weighted by atomic mass is 9.88. The second-order valence-electron chi connectivity index (χ2n) is 6.17. The first kappa shape index (κ1) is 15.5. The summed E-state index contributed by atoms with van der Waals surface area (Å²) in [6.45, 7) is 3.69. The van der Waals surface area contributed by atoms with Crippen molar-refractivity contribution in [3.05, 3.63) is 17.2 Å². The topological polar surface area (TPSA) is 86.4 Å². The van der Waals surface area contributed by atoms with Crippen LogP contribution in [0.3, 0.4) is 0 Å². The number of carbonyl (C=O) groups is 1. The third-order valence-corrected chi connectivity index (χ3v) is 5.83. The molecule has 2 heterocycles. The van der Waals surface area contributed by atoms with Gasteiger partial charge in [-0.3, -0.25) is 4.79 Å². The number of piperazine rings is 1. The quantitative estimate of drug-likeness (QED) is 0.824. The average molecular weight is 326 g/mol. The number of sulfonamides is 1. The molecular formula is C14H22N4O3S. The van der Waals surface area contributed by atoms with Crippen LogP contribution < -0.4 is 0 Å². The van der Waals surface area contributed by atoms with E-state index in [2.05, 4.69) is 9.97 Å². The van der Waals surface area contributed by atoms with Gasteiger partial charge in [0.1, 0.15) is 5.82 Å². The molecule has 1 fully saturated rings. The van der Waals surface area contributed by atoms with Gasteiger partial charge in [0.15, 0.2) is 0 Å². The van der Waals surface area contributed by atoms with Crippen LogP contribution in [0.25, 0.3) is 0 Å². The molecule has 1 atom stereocenters. The molecule has 7 nitrogen and oxygen atoms in total. The van der Waals surface area contributed by atoms with Crippen LogP contribution in [-0.2, 0) is 27.7 Å². The normalized spacial score (nSPS) is 23.4. The van der Waals surface area contributed by atoms with Crippen molar-refractivity contribution in [2.45, 2.75) is 26.2 Å². The lowest BCUT2D eigenvalue weighted by Crippen LogP contribution is -2.52. The van der Waals surface area contributed by atoms with Gasteiger partial charge in [-0.2, -0.15) is 4.31 Å². The Morgan fingerprint density at radius 1 is 1.27 bits per heavy atom.